The standard InChI is InChI=1S/C18H16N4OS/c1-10-16-14(22-18(19)21-10)8-11(9-15(16)23)12-4-2-3-5-13(12)17-20-6-7-24-17/h2-7,11H,8-9H2,1H3,(H2,19,21,22). The number of hydrogen-bond donors (Lipinski definition) is 1. The summed E-state index contributed by atoms with van der Waals surface area (Å²) in [6, 6.07) is 8.15. The lowest BCUT2D eigenvalue weighted by Crippen LogP contribution is -2.23. The van der Waals surface area contributed by atoms with Crippen LogP contribution in [-0.2, 0) is 6.42 Å². The summed E-state index contributed by atoms with van der Waals surface area (Å²) in [5, 5.41) is 2.94. The number of nitrogens with zero attached hydrogens (tertiary/aromatic N) is 3. The van der Waals surface area contributed by atoms with Crippen LogP contribution in [0.15, 0.2) is 35.8 Å². The van der Waals surface area contributed by atoms with E-state index >= 15 is 0 Å². The summed E-state index contributed by atoms with van der Waals surface area (Å²) in [4.78, 5) is 25.5. The molecule has 0 amide bonds. The summed E-state index contributed by atoms with van der Waals surface area (Å²) in [7, 11) is 0. The van der Waals surface area contributed by atoms with Gasteiger partial charge in [-0.05, 0) is 24.8 Å². The Kier molecular flexibility index (Phi) is 3.61. The average Bonchev–Trinajstić information content (AvgIpc) is 3.08. The highest BCUT2D eigenvalue weighted by molar-refractivity contribution is 7.13. The largest absolute Gasteiger partial charge is 0.368 e. The number of rotatable bonds is 2. The van der Waals surface area contributed by atoms with Crippen LogP contribution in [0.2, 0.25) is 0 Å². The minimum absolute atomic E-state index is 0.0822. The van der Waals surface area contributed by atoms with Gasteiger partial charge in [0.25, 0.3) is 0 Å². The number of thiazole rings is 1. The Morgan fingerprint density at radius 1 is 1.21 bits per heavy atom. The van der Waals surface area contributed by atoms with E-state index in [1.807, 2.05) is 24.4 Å². The molecule has 6 heteroatoms. The van der Waals surface area contributed by atoms with Gasteiger partial charge in [-0.1, -0.05) is 24.3 Å². The van der Waals surface area contributed by atoms with Gasteiger partial charge in [0.15, 0.2) is 5.78 Å². The monoisotopic (exact) mass is 336 g/mol. The van der Waals surface area contributed by atoms with Crippen molar-refractivity contribution in [1.82, 2.24) is 15.0 Å². The molecule has 2 heterocycles. The molecular weight excluding hydrogens is 320 g/mol. The van der Waals surface area contributed by atoms with Gasteiger partial charge in [0.2, 0.25) is 5.95 Å². The molecule has 5 nitrogen and oxygen atoms in total. The number of anilines is 1. The Labute approximate surface area is 143 Å². The van der Waals surface area contributed by atoms with Crippen molar-refractivity contribution in [1.29, 1.82) is 0 Å². The van der Waals surface area contributed by atoms with Crippen molar-refractivity contribution in [3.8, 4) is 10.6 Å². The van der Waals surface area contributed by atoms with Crippen LogP contribution in [0, 0.1) is 6.92 Å². The smallest absolute Gasteiger partial charge is 0.220 e. The van der Waals surface area contributed by atoms with Gasteiger partial charge in [0.1, 0.15) is 5.01 Å². The van der Waals surface area contributed by atoms with E-state index in [1.54, 1.807) is 17.5 Å². The molecule has 2 aromatic heterocycles. The van der Waals surface area contributed by atoms with Gasteiger partial charge in [0.05, 0.1) is 17.0 Å². The first-order valence-electron chi connectivity index (χ1n) is 7.78. The lowest BCUT2D eigenvalue weighted by molar-refractivity contribution is 0.0962. The summed E-state index contributed by atoms with van der Waals surface area (Å²) < 4.78 is 0. The molecule has 1 atom stereocenters. The minimum Gasteiger partial charge on any atom is -0.368 e. The van der Waals surface area contributed by atoms with E-state index in [0.717, 1.165) is 21.8 Å². The van der Waals surface area contributed by atoms with E-state index in [1.165, 1.54) is 0 Å². The predicted molar refractivity (Wildman–Crippen MR) is 94.1 cm³/mol. The summed E-state index contributed by atoms with van der Waals surface area (Å²) in [6.45, 7) is 1.82. The van der Waals surface area contributed by atoms with Crippen molar-refractivity contribution >= 4 is 23.1 Å². The lowest BCUT2D eigenvalue weighted by atomic mass is 9.79. The number of nitrogen functional groups attached to an aromatic ring is 1. The van der Waals surface area contributed by atoms with E-state index in [9.17, 15) is 4.79 Å². The summed E-state index contributed by atoms with van der Waals surface area (Å²) in [5.41, 5.74) is 10.1. The van der Waals surface area contributed by atoms with E-state index in [0.29, 0.717) is 24.1 Å². The highest BCUT2D eigenvalue weighted by Gasteiger charge is 2.31. The molecule has 1 aliphatic carbocycles. The lowest BCUT2D eigenvalue weighted by Gasteiger charge is -2.25. The molecule has 0 spiro atoms. The third-order valence-corrected chi connectivity index (χ3v) is 5.20. The Morgan fingerprint density at radius 3 is 2.83 bits per heavy atom. The molecule has 1 aliphatic rings. The fourth-order valence-corrected chi connectivity index (χ4v) is 4.11. The highest BCUT2D eigenvalue weighted by Crippen LogP contribution is 2.38. The molecule has 0 aliphatic heterocycles. The summed E-state index contributed by atoms with van der Waals surface area (Å²) in [5.74, 6) is 0.402. The van der Waals surface area contributed by atoms with E-state index in [2.05, 4.69) is 27.1 Å². The average molecular weight is 336 g/mol. The number of benzene rings is 1. The first-order chi connectivity index (χ1) is 11.6. The zero-order chi connectivity index (χ0) is 16.7. The number of Topliss-reactive ketones (excluding diaryl/α,β-unsaturated/α-hetero) is 1. The van der Waals surface area contributed by atoms with E-state index in [4.69, 9.17) is 5.73 Å². The second kappa shape index (κ2) is 5.79. The van der Waals surface area contributed by atoms with Crippen LogP contribution in [0.25, 0.3) is 10.6 Å². The molecule has 4 rings (SSSR count). The summed E-state index contributed by atoms with van der Waals surface area (Å²) in [6.07, 6.45) is 2.95. The Hall–Kier alpha value is -2.60. The van der Waals surface area contributed by atoms with Crippen LogP contribution in [0.4, 0.5) is 5.95 Å². The maximum atomic E-state index is 12.7. The Morgan fingerprint density at radius 2 is 2.04 bits per heavy atom. The molecule has 1 aromatic carbocycles. The van der Waals surface area contributed by atoms with Gasteiger partial charge >= 0.3 is 0 Å². The third-order valence-electron chi connectivity index (χ3n) is 4.40. The van der Waals surface area contributed by atoms with Crippen molar-refractivity contribution in [2.24, 2.45) is 0 Å². The van der Waals surface area contributed by atoms with Crippen molar-refractivity contribution in [2.45, 2.75) is 25.7 Å². The molecule has 0 saturated carbocycles. The molecule has 2 N–H and O–H groups in total. The second-order valence-electron chi connectivity index (χ2n) is 5.94. The fraction of sp³-hybridized carbons (Fsp3) is 0.222. The van der Waals surface area contributed by atoms with Gasteiger partial charge in [0, 0.05) is 23.6 Å². The second-order valence-corrected chi connectivity index (χ2v) is 6.84. The number of aryl methyl sites for hydroxylation is 1. The normalized spacial score (nSPS) is 16.9. The molecule has 0 radical (unpaired) electrons. The number of carbonyl (C=O) groups is 1. The van der Waals surface area contributed by atoms with Crippen molar-refractivity contribution in [3.63, 3.8) is 0 Å². The van der Waals surface area contributed by atoms with Crippen LogP contribution in [0.1, 0.15) is 39.6 Å². The molecule has 24 heavy (non-hydrogen) atoms. The number of carbonyl (C=O) groups excluding carboxylic acids is 1. The SMILES string of the molecule is Cc1nc(N)nc2c1C(=O)CC(c1ccccc1-c1nccs1)C2. The van der Waals surface area contributed by atoms with Crippen LogP contribution in [0.3, 0.4) is 0 Å². The van der Waals surface area contributed by atoms with Gasteiger partial charge in [-0.3, -0.25) is 4.79 Å². The topological polar surface area (TPSA) is 81.8 Å². The maximum absolute atomic E-state index is 12.7. The molecule has 3 aromatic rings. The number of aromatic nitrogens is 3. The van der Waals surface area contributed by atoms with Gasteiger partial charge in [-0.15, -0.1) is 11.3 Å². The molecule has 0 fully saturated rings. The van der Waals surface area contributed by atoms with Crippen LogP contribution < -0.4 is 5.73 Å². The fourth-order valence-electron chi connectivity index (χ4n) is 3.42. The van der Waals surface area contributed by atoms with Crippen LogP contribution >= 0.6 is 11.3 Å². The van der Waals surface area contributed by atoms with Crippen molar-refractivity contribution in [3.05, 3.63) is 58.4 Å². The zero-order valence-corrected chi connectivity index (χ0v) is 14.0. The molecule has 0 bridgehead atoms. The van der Waals surface area contributed by atoms with Gasteiger partial charge < -0.3 is 5.73 Å². The minimum atomic E-state index is 0.0822. The first kappa shape index (κ1) is 15.0. The molecule has 120 valence electrons. The van der Waals surface area contributed by atoms with Crippen molar-refractivity contribution < 1.29 is 4.79 Å². The highest BCUT2D eigenvalue weighted by atomic mass is 32.1. The number of fused-ring (bicyclic) bond motifs is 1. The van der Waals surface area contributed by atoms with Crippen LogP contribution in [-0.4, -0.2) is 20.7 Å². The number of ketones is 1. The third kappa shape index (κ3) is 2.49. The molecular formula is C18H16N4OS. The van der Waals surface area contributed by atoms with Gasteiger partial charge in [-0.2, -0.15) is 0 Å². The zero-order valence-electron chi connectivity index (χ0n) is 13.2. The van der Waals surface area contributed by atoms with Gasteiger partial charge in [-0.25, -0.2) is 15.0 Å². The molecule has 0 saturated heterocycles. The Balaban J connectivity index is 1.79. The Bertz CT molecular complexity index is 921. The first-order valence-corrected chi connectivity index (χ1v) is 8.66. The maximum Gasteiger partial charge on any atom is 0.220 e. The number of hydrogen-bond acceptors (Lipinski definition) is 6. The molecule has 1 unspecified atom stereocenters. The van der Waals surface area contributed by atoms with E-state index < -0.39 is 0 Å². The predicted octanol–water partition coefficient (Wildman–Crippen LogP) is 3.40. The van der Waals surface area contributed by atoms with E-state index in [-0.39, 0.29) is 17.6 Å². The summed E-state index contributed by atoms with van der Waals surface area (Å²) >= 11 is 1.60. The van der Waals surface area contributed by atoms with Crippen molar-refractivity contribution in [2.75, 3.05) is 5.73 Å². The van der Waals surface area contributed by atoms with Crippen LogP contribution in [0.5, 0.6) is 0 Å². The quantitative estimate of drug-likeness (QED) is 0.775. The number of nitrogens with two attached hydrogens (primary N) is 1.